The van der Waals surface area contributed by atoms with Crippen molar-refractivity contribution in [3.05, 3.63) is 52.9 Å². The molecule has 2 rings (SSSR count). The number of hydrogen-bond acceptors (Lipinski definition) is 5. The van der Waals surface area contributed by atoms with Crippen molar-refractivity contribution in [1.82, 2.24) is 9.97 Å². The summed E-state index contributed by atoms with van der Waals surface area (Å²) in [5.41, 5.74) is 6.97. The number of rotatable bonds is 5. The van der Waals surface area contributed by atoms with E-state index in [0.29, 0.717) is 29.5 Å². The third kappa shape index (κ3) is 3.41. The summed E-state index contributed by atoms with van der Waals surface area (Å²) >= 11 is 6.33. The molecular weight excluding hydrogens is 290 g/mol. The van der Waals surface area contributed by atoms with Crippen LogP contribution in [0.4, 0.5) is 5.82 Å². The summed E-state index contributed by atoms with van der Waals surface area (Å²) in [7, 11) is 0. The van der Waals surface area contributed by atoms with Gasteiger partial charge >= 0.3 is 0 Å². The lowest BCUT2D eigenvalue weighted by atomic mass is 10.2. The molecule has 7 heteroatoms. The molecule has 3 N–H and O–H groups in total. The molecule has 0 radical (unpaired) electrons. The molecule has 110 valence electrons. The Bertz CT molecular complexity index is 633. The normalized spacial score (nSPS) is 11.4. The fourth-order valence-corrected chi connectivity index (χ4v) is 2.26. The lowest BCUT2D eigenvalue weighted by molar-refractivity contribution is 0.318. The number of pyridine rings is 2. The number of aromatic nitrogens is 2. The highest BCUT2D eigenvalue weighted by Gasteiger charge is 2.16. The minimum atomic E-state index is -0.0439. The molecule has 0 aliphatic rings. The summed E-state index contributed by atoms with van der Waals surface area (Å²) in [5.74, 6) is 0.534. The second-order valence-corrected chi connectivity index (χ2v) is 4.69. The molecule has 0 unspecified atom stereocenters. The predicted octanol–water partition coefficient (Wildman–Crippen LogP) is 2.25. The quantitative estimate of drug-likeness (QED) is 0.383. The van der Waals surface area contributed by atoms with Crippen molar-refractivity contribution in [1.29, 1.82) is 0 Å². The van der Waals surface area contributed by atoms with Crippen molar-refractivity contribution < 1.29 is 5.21 Å². The maximum absolute atomic E-state index is 8.79. The molecule has 2 aromatic heterocycles. The highest BCUT2D eigenvalue weighted by molar-refractivity contribution is 6.36. The van der Waals surface area contributed by atoms with E-state index in [1.54, 1.807) is 18.5 Å². The molecule has 0 spiro atoms. The monoisotopic (exact) mass is 305 g/mol. The number of amidine groups is 1. The summed E-state index contributed by atoms with van der Waals surface area (Å²) in [6, 6.07) is 7.33. The fraction of sp³-hybridized carbons (Fsp3) is 0.214. The van der Waals surface area contributed by atoms with Crippen LogP contribution in [0, 0.1) is 0 Å². The van der Waals surface area contributed by atoms with Crippen LogP contribution in [0.1, 0.15) is 18.2 Å². The molecule has 6 nitrogen and oxygen atoms in total. The van der Waals surface area contributed by atoms with Crippen LogP contribution in [0.3, 0.4) is 0 Å². The number of anilines is 1. The van der Waals surface area contributed by atoms with Gasteiger partial charge in [-0.15, -0.1) is 0 Å². The van der Waals surface area contributed by atoms with Crippen molar-refractivity contribution in [2.75, 3.05) is 11.4 Å². The Kier molecular flexibility index (Phi) is 4.94. The molecule has 2 aromatic rings. The zero-order valence-electron chi connectivity index (χ0n) is 11.6. The lowest BCUT2D eigenvalue weighted by Gasteiger charge is -2.23. The van der Waals surface area contributed by atoms with Gasteiger partial charge in [0.15, 0.2) is 5.84 Å². The first-order chi connectivity index (χ1) is 10.2. The first-order valence-electron chi connectivity index (χ1n) is 6.44. The number of nitrogens with two attached hydrogens (primary N) is 1. The standard InChI is InChI=1S/C14H16ClN5O/c1-2-20(9-10-5-3-4-7-17-10)14-12(15)11(6-8-18-14)13(16)19-21/h3-8,21H,2,9H2,1H3,(H2,16,19). The summed E-state index contributed by atoms with van der Waals surface area (Å²) in [6.45, 7) is 3.27. The van der Waals surface area contributed by atoms with E-state index in [1.807, 2.05) is 30.0 Å². The largest absolute Gasteiger partial charge is 0.409 e. The Hall–Kier alpha value is -2.34. The van der Waals surface area contributed by atoms with Crippen molar-refractivity contribution in [2.45, 2.75) is 13.5 Å². The molecule has 21 heavy (non-hydrogen) atoms. The van der Waals surface area contributed by atoms with Crippen molar-refractivity contribution in [2.24, 2.45) is 10.9 Å². The van der Waals surface area contributed by atoms with E-state index in [1.165, 1.54) is 0 Å². The van der Waals surface area contributed by atoms with E-state index in [2.05, 4.69) is 15.1 Å². The van der Waals surface area contributed by atoms with Gasteiger partial charge in [0.2, 0.25) is 0 Å². The van der Waals surface area contributed by atoms with Crippen LogP contribution in [-0.4, -0.2) is 27.6 Å². The summed E-state index contributed by atoms with van der Waals surface area (Å²) < 4.78 is 0. The topological polar surface area (TPSA) is 87.6 Å². The third-order valence-electron chi connectivity index (χ3n) is 3.01. The van der Waals surface area contributed by atoms with E-state index >= 15 is 0 Å². The van der Waals surface area contributed by atoms with Gasteiger partial charge in [-0.05, 0) is 25.1 Å². The number of oxime groups is 1. The van der Waals surface area contributed by atoms with Crippen LogP contribution in [0.2, 0.25) is 5.02 Å². The van der Waals surface area contributed by atoms with Crippen LogP contribution >= 0.6 is 11.6 Å². The molecule has 0 fully saturated rings. The van der Waals surface area contributed by atoms with Gasteiger partial charge in [0, 0.05) is 24.5 Å². The van der Waals surface area contributed by atoms with E-state index in [4.69, 9.17) is 22.5 Å². The molecule has 0 saturated carbocycles. The number of hydrogen-bond donors (Lipinski definition) is 2. The SMILES string of the molecule is CCN(Cc1ccccn1)c1nccc(/C(N)=N/O)c1Cl. The van der Waals surface area contributed by atoms with Gasteiger partial charge in [-0.2, -0.15) is 0 Å². The smallest absolute Gasteiger partial charge is 0.171 e. The van der Waals surface area contributed by atoms with Gasteiger partial charge in [-0.25, -0.2) is 4.98 Å². The summed E-state index contributed by atoms with van der Waals surface area (Å²) in [5, 5.41) is 12.1. The highest BCUT2D eigenvalue weighted by atomic mass is 35.5. The van der Waals surface area contributed by atoms with Crippen LogP contribution in [0.5, 0.6) is 0 Å². The van der Waals surface area contributed by atoms with Crippen molar-refractivity contribution >= 4 is 23.3 Å². The molecule has 0 aliphatic carbocycles. The van der Waals surface area contributed by atoms with Gasteiger partial charge in [-0.3, -0.25) is 4.98 Å². The van der Waals surface area contributed by atoms with Crippen LogP contribution in [-0.2, 0) is 6.54 Å². The lowest BCUT2D eigenvalue weighted by Crippen LogP contribution is -2.25. The molecule has 0 atom stereocenters. The molecule has 0 amide bonds. The van der Waals surface area contributed by atoms with Gasteiger partial charge in [0.25, 0.3) is 0 Å². The molecule has 0 aliphatic heterocycles. The maximum atomic E-state index is 8.79. The molecular formula is C14H16ClN5O. The fourth-order valence-electron chi connectivity index (χ4n) is 1.93. The molecule has 0 bridgehead atoms. The van der Waals surface area contributed by atoms with Gasteiger partial charge in [0.05, 0.1) is 17.3 Å². The third-order valence-corrected chi connectivity index (χ3v) is 3.39. The van der Waals surface area contributed by atoms with Crippen molar-refractivity contribution in [3.63, 3.8) is 0 Å². The number of halogens is 1. The van der Waals surface area contributed by atoms with Gasteiger partial charge < -0.3 is 15.8 Å². The van der Waals surface area contributed by atoms with Gasteiger partial charge in [0.1, 0.15) is 5.82 Å². The first kappa shape index (κ1) is 15.1. The predicted molar refractivity (Wildman–Crippen MR) is 82.7 cm³/mol. The first-order valence-corrected chi connectivity index (χ1v) is 6.82. The highest BCUT2D eigenvalue weighted by Crippen LogP contribution is 2.27. The Balaban J connectivity index is 2.35. The Morgan fingerprint density at radius 3 is 2.76 bits per heavy atom. The van der Waals surface area contributed by atoms with E-state index in [0.717, 1.165) is 5.69 Å². The second kappa shape index (κ2) is 6.90. The Labute approximate surface area is 127 Å². The molecule has 0 aromatic carbocycles. The van der Waals surface area contributed by atoms with Crippen LogP contribution in [0.15, 0.2) is 41.8 Å². The minimum Gasteiger partial charge on any atom is -0.409 e. The zero-order chi connectivity index (χ0) is 15.2. The van der Waals surface area contributed by atoms with E-state index in [-0.39, 0.29) is 5.84 Å². The molecule has 0 saturated heterocycles. The number of nitrogens with zero attached hydrogens (tertiary/aromatic N) is 4. The maximum Gasteiger partial charge on any atom is 0.171 e. The second-order valence-electron chi connectivity index (χ2n) is 4.32. The average molecular weight is 306 g/mol. The summed E-state index contributed by atoms with van der Waals surface area (Å²) in [6.07, 6.45) is 3.32. The van der Waals surface area contributed by atoms with E-state index in [9.17, 15) is 0 Å². The van der Waals surface area contributed by atoms with Crippen molar-refractivity contribution in [3.8, 4) is 0 Å². The summed E-state index contributed by atoms with van der Waals surface area (Å²) in [4.78, 5) is 10.6. The van der Waals surface area contributed by atoms with E-state index < -0.39 is 0 Å². The Morgan fingerprint density at radius 1 is 1.33 bits per heavy atom. The average Bonchev–Trinajstić information content (AvgIpc) is 2.53. The minimum absolute atomic E-state index is 0.0439. The molecule has 2 heterocycles. The van der Waals surface area contributed by atoms with Crippen LogP contribution in [0.25, 0.3) is 0 Å². The zero-order valence-corrected chi connectivity index (χ0v) is 12.3. The van der Waals surface area contributed by atoms with Gasteiger partial charge in [-0.1, -0.05) is 22.8 Å². The van der Waals surface area contributed by atoms with Crippen LogP contribution < -0.4 is 10.6 Å². The Morgan fingerprint density at radius 2 is 2.14 bits per heavy atom.